The van der Waals surface area contributed by atoms with Crippen LogP contribution in [0.5, 0.6) is 0 Å². The fraction of sp³-hybridized carbons (Fsp3) is 0.238. The summed E-state index contributed by atoms with van der Waals surface area (Å²) < 4.78 is 55.8. The van der Waals surface area contributed by atoms with Crippen molar-refractivity contribution in [1.82, 2.24) is 0 Å². The lowest BCUT2D eigenvalue weighted by Gasteiger charge is -2.11. The molecule has 0 aliphatic carbocycles. The summed E-state index contributed by atoms with van der Waals surface area (Å²) in [6.45, 7) is 2.12. The molecule has 0 aliphatic heterocycles. The van der Waals surface area contributed by atoms with Gasteiger partial charge in [0.05, 0.1) is 5.56 Å². The largest absolute Gasteiger partial charge is 0.206 e. The van der Waals surface area contributed by atoms with E-state index in [1.807, 2.05) is 6.07 Å². The number of halogens is 4. The molecule has 0 spiro atoms. The summed E-state index contributed by atoms with van der Waals surface area (Å²) in [5.41, 5.74) is 0.660. The molecular formula is C21H18F4. The van der Waals surface area contributed by atoms with Crippen LogP contribution >= 0.6 is 0 Å². The fourth-order valence-corrected chi connectivity index (χ4v) is 3.03. The van der Waals surface area contributed by atoms with Crippen molar-refractivity contribution >= 4 is 10.8 Å². The van der Waals surface area contributed by atoms with Gasteiger partial charge in [-0.2, -0.15) is 0 Å². The molecule has 0 amide bonds. The van der Waals surface area contributed by atoms with Crippen LogP contribution in [0.2, 0.25) is 0 Å². The first-order valence-corrected chi connectivity index (χ1v) is 8.37. The van der Waals surface area contributed by atoms with Gasteiger partial charge >= 0.3 is 0 Å². The molecule has 0 bridgehead atoms. The summed E-state index contributed by atoms with van der Waals surface area (Å²) in [4.78, 5) is 0. The Kier molecular flexibility index (Phi) is 5.07. The highest BCUT2D eigenvalue weighted by molar-refractivity contribution is 5.89. The van der Waals surface area contributed by atoms with E-state index in [1.165, 1.54) is 12.1 Å². The quantitative estimate of drug-likeness (QED) is 0.352. The van der Waals surface area contributed by atoms with Gasteiger partial charge < -0.3 is 0 Å². The molecule has 25 heavy (non-hydrogen) atoms. The van der Waals surface area contributed by atoms with Crippen molar-refractivity contribution in [1.29, 1.82) is 0 Å². The molecule has 0 nitrogen and oxygen atoms in total. The van der Waals surface area contributed by atoms with Gasteiger partial charge in [0.15, 0.2) is 11.6 Å². The van der Waals surface area contributed by atoms with E-state index < -0.39 is 23.3 Å². The Hall–Kier alpha value is -2.36. The Balaban J connectivity index is 2.06. The van der Waals surface area contributed by atoms with Crippen LogP contribution in [0.3, 0.4) is 0 Å². The first kappa shape index (κ1) is 17.5. The molecule has 0 saturated carbocycles. The van der Waals surface area contributed by atoms with Crippen molar-refractivity contribution in [2.45, 2.75) is 32.6 Å². The smallest absolute Gasteiger partial charge is 0.159 e. The zero-order valence-corrected chi connectivity index (χ0v) is 13.9. The zero-order chi connectivity index (χ0) is 18.0. The molecule has 0 unspecified atom stereocenters. The highest BCUT2D eigenvalue weighted by Crippen LogP contribution is 2.33. The number of fused-ring (bicyclic) bond motifs is 1. The van der Waals surface area contributed by atoms with E-state index in [0.29, 0.717) is 5.39 Å². The van der Waals surface area contributed by atoms with Gasteiger partial charge in [0.25, 0.3) is 0 Å². The minimum Gasteiger partial charge on any atom is -0.206 e. The molecule has 0 radical (unpaired) electrons. The van der Waals surface area contributed by atoms with E-state index in [9.17, 15) is 17.6 Å². The van der Waals surface area contributed by atoms with Crippen LogP contribution in [0.1, 0.15) is 31.7 Å². The van der Waals surface area contributed by atoms with Gasteiger partial charge in [0.1, 0.15) is 11.6 Å². The molecule has 0 atom stereocenters. The Bertz CT molecular complexity index is 915. The molecule has 0 fully saturated rings. The predicted molar refractivity (Wildman–Crippen MR) is 92.4 cm³/mol. The van der Waals surface area contributed by atoms with Crippen molar-refractivity contribution in [3.8, 4) is 11.1 Å². The van der Waals surface area contributed by atoms with E-state index in [1.54, 1.807) is 12.1 Å². The second-order valence-corrected chi connectivity index (χ2v) is 6.19. The minimum atomic E-state index is -1.14. The molecule has 130 valence electrons. The van der Waals surface area contributed by atoms with Crippen LogP contribution in [0.15, 0.2) is 42.5 Å². The van der Waals surface area contributed by atoms with E-state index in [-0.39, 0.29) is 16.5 Å². The maximum Gasteiger partial charge on any atom is 0.159 e. The zero-order valence-electron chi connectivity index (χ0n) is 13.9. The maximum atomic E-state index is 14.8. The monoisotopic (exact) mass is 346 g/mol. The first-order chi connectivity index (χ1) is 12.0. The van der Waals surface area contributed by atoms with Gasteiger partial charge in [0.2, 0.25) is 0 Å². The lowest BCUT2D eigenvalue weighted by atomic mass is 9.97. The standard InChI is InChI=1S/C21H18F4/c1-2-3-4-5-13-6-8-16-15(10-13)12-19(24)20(21(16)25)14-7-9-17(22)18(23)11-14/h6-12H,2-5H2,1H3. The number of hydrogen-bond acceptors (Lipinski definition) is 0. The number of benzene rings is 3. The third-order valence-corrected chi connectivity index (χ3v) is 4.37. The van der Waals surface area contributed by atoms with Crippen molar-refractivity contribution in [2.24, 2.45) is 0 Å². The van der Waals surface area contributed by atoms with Crippen LogP contribution in [0.4, 0.5) is 17.6 Å². The normalized spacial score (nSPS) is 11.2. The summed E-state index contributed by atoms with van der Waals surface area (Å²) >= 11 is 0. The lowest BCUT2D eigenvalue weighted by Crippen LogP contribution is -1.95. The molecule has 0 aromatic heterocycles. The summed E-state index contributed by atoms with van der Waals surface area (Å²) in [7, 11) is 0. The van der Waals surface area contributed by atoms with Crippen LogP contribution in [-0.4, -0.2) is 0 Å². The molecule has 0 heterocycles. The summed E-state index contributed by atoms with van der Waals surface area (Å²) in [6, 6.07) is 9.32. The second kappa shape index (κ2) is 7.26. The third kappa shape index (κ3) is 3.53. The van der Waals surface area contributed by atoms with Crippen molar-refractivity contribution < 1.29 is 17.6 Å². The lowest BCUT2D eigenvalue weighted by molar-refractivity contribution is 0.508. The number of hydrogen-bond donors (Lipinski definition) is 0. The molecule has 0 aliphatic rings. The van der Waals surface area contributed by atoms with Gasteiger partial charge in [-0.05, 0) is 47.6 Å². The van der Waals surface area contributed by atoms with Gasteiger partial charge in [-0.3, -0.25) is 0 Å². The molecule has 0 saturated heterocycles. The van der Waals surface area contributed by atoms with Crippen molar-refractivity contribution in [3.05, 3.63) is 71.3 Å². The Morgan fingerprint density at radius 1 is 0.760 bits per heavy atom. The van der Waals surface area contributed by atoms with E-state index in [2.05, 4.69) is 6.92 Å². The van der Waals surface area contributed by atoms with E-state index in [0.717, 1.165) is 43.4 Å². The molecule has 3 aromatic carbocycles. The number of unbranched alkanes of at least 4 members (excludes halogenated alkanes) is 2. The maximum absolute atomic E-state index is 14.8. The number of rotatable bonds is 5. The minimum absolute atomic E-state index is 0.0252. The van der Waals surface area contributed by atoms with Crippen molar-refractivity contribution in [3.63, 3.8) is 0 Å². The highest BCUT2D eigenvalue weighted by atomic mass is 19.2. The summed E-state index contributed by atoms with van der Waals surface area (Å²) in [5, 5.41) is 0.732. The van der Waals surface area contributed by atoms with Crippen LogP contribution in [0.25, 0.3) is 21.9 Å². The molecule has 4 heteroatoms. The van der Waals surface area contributed by atoms with Gasteiger partial charge in [-0.25, -0.2) is 17.6 Å². The Morgan fingerprint density at radius 3 is 2.28 bits per heavy atom. The predicted octanol–water partition coefficient (Wildman–Crippen LogP) is 6.80. The highest BCUT2D eigenvalue weighted by Gasteiger charge is 2.17. The molecule has 3 rings (SSSR count). The SMILES string of the molecule is CCCCCc1ccc2c(F)c(-c3ccc(F)c(F)c3)c(F)cc2c1. The average Bonchev–Trinajstić information content (AvgIpc) is 2.58. The van der Waals surface area contributed by atoms with Crippen LogP contribution in [0, 0.1) is 23.3 Å². The second-order valence-electron chi connectivity index (χ2n) is 6.19. The Morgan fingerprint density at radius 2 is 1.56 bits per heavy atom. The first-order valence-electron chi connectivity index (χ1n) is 8.37. The van der Waals surface area contributed by atoms with E-state index in [4.69, 9.17) is 0 Å². The van der Waals surface area contributed by atoms with Gasteiger partial charge in [-0.1, -0.05) is 44.0 Å². The third-order valence-electron chi connectivity index (χ3n) is 4.37. The topological polar surface area (TPSA) is 0 Å². The number of aryl methyl sites for hydroxylation is 1. The van der Waals surface area contributed by atoms with Gasteiger partial charge in [0, 0.05) is 5.39 Å². The molecule has 0 N–H and O–H groups in total. The van der Waals surface area contributed by atoms with E-state index >= 15 is 0 Å². The van der Waals surface area contributed by atoms with Gasteiger partial charge in [-0.15, -0.1) is 0 Å². The molecular weight excluding hydrogens is 328 g/mol. The van der Waals surface area contributed by atoms with Crippen LogP contribution in [-0.2, 0) is 6.42 Å². The summed E-state index contributed by atoms with van der Waals surface area (Å²) in [5.74, 6) is -3.74. The Labute approximate surface area is 144 Å². The van der Waals surface area contributed by atoms with Crippen molar-refractivity contribution in [2.75, 3.05) is 0 Å². The van der Waals surface area contributed by atoms with Crippen LogP contribution < -0.4 is 0 Å². The summed E-state index contributed by atoms with van der Waals surface area (Å²) in [6.07, 6.45) is 4.10. The molecule has 3 aromatic rings. The fourth-order valence-electron chi connectivity index (χ4n) is 3.03. The average molecular weight is 346 g/mol.